The molecular weight excluding hydrogens is 298 g/mol. The van der Waals surface area contributed by atoms with Crippen LogP contribution in [0.3, 0.4) is 0 Å². The van der Waals surface area contributed by atoms with E-state index >= 15 is 0 Å². The maximum Gasteiger partial charge on any atom is 0.223 e. The molecule has 5 heteroatoms. The Morgan fingerprint density at radius 1 is 1.17 bits per heavy atom. The smallest absolute Gasteiger partial charge is 0.223 e. The Bertz CT molecular complexity index is 715. The first-order chi connectivity index (χ1) is 11.0. The molecule has 1 aliphatic carbocycles. The van der Waals surface area contributed by atoms with E-state index in [4.69, 9.17) is 5.73 Å². The van der Waals surface area contributed by atoms with Crippen molar-refractivity contribution in [2.75, 3.05) is 12.3 Å². The van der Waals surface area contributed by atoms with E-state index in [1.165, 1.54) is 6.07 Å². The van der Waals surface area contributed by atoms with Gasteiger partial charge in [-0.25, -0.2) is 8.78 Å². The molecule has 23 heavy (non-hydrogen) atoms. The van der Waals surface area contributed by atoms with Gasteiger partial charge in [-0.1, -0.05) is 12.1 Å². The van der Waals surface area contributed by atoms with Crippen molar-refractivity contribution in [2.24, 2.45) is 5.92 Å². The van der Waals surface area contributed by atoms with Gasteiger partial charge in [-0.3, -0.25) is 4.79 Å². The lowest BCUT2D eigenvalue weighted by atomic mass is 10.1. The van der Waals surface area contributed by atoms with E-state index in [-0.39, 0.29) is 17.7 Å². The van der Waals surface area contributed by atoms with Crippen LogP contribution >= 0.6 is 0 Å². The number of amides is 1. The molecule has 2 aromatic rings. The van der Waals surface area contributed by atoms with Crippen molar-refractivity contribution < 1.29 is 13.6 Å². The fourth-order valence-electron chi connectivity index (χ4n) is 2.77. The molecular formula is C18H18F2N2O. The highest BCUT2D eigenvalue weighted by Gasteiger charge is 2.45. The Morgan fingerprint density at radius 3 is 2.65 bits per heavy atom. The van der Waals surface area contributed by atoms with E-state index in [0.29, 0.717) is 30.6 Å². The van der Waals surface area contributed by atoms with Gasteiger partial charge in [0.25, 0.3) is 0 Å². The van der Waals surface area contributed by atoms with Gasteiger partial charge in [0.15, 0.2) is 0 Å². The van der Waals surface area contributed by atoms with Crippen LogP contribution in [0.15, 0.2) is 42.5 Å². The molecule has 1 saturated carbocycles. The second-order valence-electron chi connectivity index (χ2n) is 5.90. The minimum atomic E-state index is -0.476. The van der Waals surface area contributed by atoms with Crippen molar-refractivity contribution in [3.8, 4) is 0 Å². The number of rotatable bonds is 5. The van der Waals surface area contributed by atoms with Gasteiger partial charge < -0.3 is 11.1 Å². The minimum Gasteiger partial charge on any atom is -0.399 e. The number of nitrogen functional groups attached to an aromatic ring is 1. The summed E-state index contributed by atoms with van der Waals surface area (Å²) in [5.41, 5.74) is 7.70. The van der Waals surface area contributed by atoms with Gasteiger partial charge in [0.2, 0.25) is 5.91 Å². The van der Waals surface area contributed by atoms with Crippen LogP contribution in [0.1, 0.15) is 23.5 Å². The highest BCUT2D eigenvalue weighted by atomic mass is 19.1. The lowest BCUT2D eigenvalue weighted by Crippen LogP contribution is -2.27. The van der Waals surface area contributed by atoms with Crippen LogP contribution in [0.5, 0.6) is 0 Å². The quantitative estimate of drug-likeness (QED) is 0.833. The van der Waals surface area contributed by atoms with E-state index in [9.17, 15) is 13.6 Å². The van der Waals surface area contributed by atoms with Gasteiger partial charge in [-0.05, 0) is 60.2 Å². The van der Waals surface area contributed by atoms with Gasteiger partial charge in [0.05, 0.1) is 0 Å². The zero-order chi connectivity index (χ0) is 16.4. The number of hydrogen-bond acceptors (Lipinski definition) is 2. The van der Waals surface area contributed by atoms with E-state index in [1.807, 2.05) is 24.3 Å². The van der Waals surface area contributed by atoms with Crippen molar-refractivity contribution in [3.05, 3.63) is 65.2 Å². The third-order valence-corrected chi connectivity index (χ3v) is 4.18. The summed E-state index contributed by atoms with van der Waals surface area (Å²) in [7, 11) is 0. The fraction of sp³-hybridized carbons (Fsp3) is 0.278. The highest BCUT2D eigenvalue weighted by molar-refractivity contribution is 5.82. The van der Waals surface area contributed by atoms with Crippen LogP contribution in [-0.2, 0) is 11.2 Å². The molecule has 2 atom stereocenters. The number of halogens is 2. The second kappa shape index (κ2) is 6.36. The molecule has 2 unspecified atom stereocenters. The summed E-state index contributed by atoms with van der Waals surface area (Å²) in [4.78, 5) is 12.1. The Hall–Kier alpha value is -2.43. The first kappa shape index (κ1) is 15.5. The molecule has 0 aromatic heterocycles. The third-order valence-electron chi connectivity index (χ3n) is 4.18. The number of nitrogens with two attached hydrogens (primary N) is 1. The molecule has 1 amide bonds. The first-order valence-electron chi connectivity index (χ1n) is 7.61. The summed E-state index contributed by atoms with van der Waals surface area (Å²) in [6, 6.07) is 10.9. The predicted octanol–water partition coefficient (Wildman–Crippen LogP) is 3.01. The topological polar surface area (TPSA) is 55.1 Å². The summed E-state index contributed by atoms with van der Waals surface area (Å²) in [5.74, 6) is -1.52. The fourth-order valence-corrected chi connectivity index (χ4v) is 2.77. The molecule has 1 aliphatic rings. The van der Waals surface area contributed by atoms with E-state index in [2.05, 4.69) is 5.32 Å². The summed E-state index contributed by atoms with van der Waals surface area (Å²) in [5, 5.41) is 2.86. The molecule has 0 spiro atoms. The van der Waals surface area contributed by atoms with Crippen molar-refractivity contribution in [3.63, 3.8) is 0 Å². The zero-order valence-corrected chi connectivity index (χ0v) is 12.6. The summed E-state index contributed by atoms with van der Waals surface area (Å²) in [6.07, 6.45) is 1.27. The highest BCUT2D eigenvalue weighted by Crippen LogP contribution is 2.48. The van der Waals surface area contributed by atoms with Gasteiger partial charge in [0, 0.05) is 18.2 Å². The second-order valence-corrected chi connectivity index (χ2v) is 5.90. The normalized spacial score (nSPS) is 19.4. The van der Waals surface area contributed by atoms with Crippen LogP contribution in [0.25, 0.3) is 0 Å². The number of hydrogen-bond donors (Lipinski definition) is 2. The molecule has 0 heterocycles. The Morgan fingerprint density at radius 2 is 1.91 bits per heavy atom. The average Bonchev–Trinajstić information content (AvgIpc) is 3.32. The molecule has 0 radical (unpaired) electrons. The molecule has 0 bridgehead atoms. The molecule has 0 saturated heterocycles. The maximum atomic E-state index is 13.7. The maximum absolute atomic E-state index is 13.7. The molecule has 120 valence electrons. The van der Waals surface area contributed by atoms with Crippen molar-refractivity contribution >= 4 is 11.6 Å². The van der Waals surface area contributed by atoms with E-state index < -0.39 is 11.6 Å². The van der Waals surface area contributed by atoms with E-state index in [0.717, 1.165) is 17.7 Å². The summed E-state index contributed by atoms with van der Waals surface area (Å²) in [6.45, 7) is 0.512. The van der Waals surface area contributed by atoms with Crippen LogP contribution < -0.4 is 11.1 Å². The average molecular weight is 316 g/mol. The Labute approximate surface area is 133 Å². The van der Waals surface area contributed by atoms with Crippen LogP contribution in [0, 0.1) is 17.6 Å². The zero-order valence-electron chi connectivity index (χ0n) is 12.6. The lowest BCUT2D eigenvalue weighted by Gasteiger charge is -2.06. The number of benzene rings is 2. The molecule has 3 nitrogen and oxygen atoms in total. The SMILES string of the molecule is Nc1ccc(CCNC(=O)C2CC2c2cc(F)ccc2F)cc1. The monoisotopic (exact) mass is 316 g/mol. The number of anilines is 1. The van der Waals surface area contributed by atoms with Gasteiger partial charge in [-0.2, -0.15) is 0 Å². The Kier molecular flexibility index (Phi) is 4.28. The molecule has 2 aromatic carbocycles. The predicted molar refractivity (Wildman–Crippen MR) is 84.8 cm³/mol. The van der Waals surface area contributed by atoms with Crippen molar-refractivity contribution in [2.45, 2.75) is 18.8 Å². The standard InChI is InChI=1S/C18H18F2N2O/c19-12-3-6-17(20)15(9-12)14-10-16(14)18(23)22-8-7-11-1-4-13(21)5-2-11/h1-6,9,14,16H,7-8,10,21H2,(H,22,23). The van der Waals surface area contributed by atoms with Gasteiger partial charge in [-0.15, -0.1) is 0 Å². The van der Waals surface area contributed by atoms with Crippen molar-refractivity contribution in [1.82, 2.24) is 5.32 Å². The number of carbonyl (C=O) groups is 1. The first-order valence-corrected chi connectivity index (χ1v) is 7.61. The molecule has 0 aliphatic heterocycles. The lowest BCUT2D eigenvalue weighted by molar-refractivity contribution is -0.122. The minimum absolute atomic E-state index is 0.103. The van der Waals surface area contributed by atoms with Crippen LogP contribution in [0.2, 0.25) is 0 Å². The van der Waals surface area contributed by atoms with Crippen LogP contribution in [0.4, 0.5) is 14.5 Å². The number of carbonyl (C=O) groups excluding carboxylic acids is 1. The van der Waals surface area contributed by atoms with Gasteiger partial charge >= 0.3 is 0 Å². The largest absolute Gasteiger partial charge is 0.399 e. The molecule has 3 N–H and O–H groups in total. The number of nitrogens with one attached hydrogen (secondary N) is 1. The Balaban J connectivity index is 1.50. The molecule has 3 rings (SSSR count). The van der Waals surface area contributed by atoms with Gasteiger partial charge in [0.1, 0.15) is 11.6 Å². The van der Waals surface area contributed by atoms with E-state index in [1.54, 1.807) is 0 Å². The van der Waals surface area contributed by atoms with Crippen LogP contribution in [-0.4, -0.2) is 12.5 Å². The summed E-state index contributed by atoms with van der Waals surface area (Å²) < 4.78 is 26.9. The third kappa shape index (κ3) is 3.67. The molecule has 1 fully saturated rings. The van der Waals surface area contributed by atoms with Crippen molar-refractivity contribution in [1.29, 1.82) is 0 Å². The summed E-state index contributed by atoms with van der Waals surface area (Å²) >= 11 is 0.